The van der Waals surface area contributed by atoms with E-state index in [1.54, 1.807) is 19.1 Å². The first kappa shape index (κ1) is 12.2. The van der Waals surface area contributed by atoms with Crippen molar-refractivity contribution in [3.63, 3.8) is 0 Å². The molecule has 0 spiro atoms. The Bertz CT molecular complexity index is 603. The number of nitrogen functional groups attached to an aromatic ring is 1. The van der Waals surface area contributed by atoms with Crippen molar-refractivity contribution in [2.45, 2.75) is 6.92 Å². The van der Waals surface area contributed by atoms with Crippen LogP contribution in [-0.4, -0.2) is 5.78 Å². The van der Waals surface area contributed by atoms with Crippen molar-refractivity contribution in [1.29, 1.82) is 0 Å². The molecule has 0 bridgehead atoms. The highest BCUT2D eigenvalue weighted by atomic mass is 19.2. The molecule has 0 unspecified atom stereocenters. The molecule has 4 heteroatoms. The lowest BCUT2D eigenvalue weighted by molar-refractivity contribution is 0.103. The second-order valence-electron chi connectivity index (χ2n) is 4.09. The number of rotatable bonds is 2. The third-order valence-corrected chi connectivity index (χ3v) is 2.54. The molecule has 0 aromatic heterocycles. The van der Waals surface area contributed by atoms with Gasteiger partial charge in [-0.1, -0.05) is 0 Å². The third-order valence-electron chi connectivity index (χ3n) is 2.54. The van der Waals surface area contributed by atoms with Crippen LogP contribution in [0.25, 0.3) is 0 Å². The van der Waals surface area contributed by atoms with E-state index in [1.165, 1.54) is 12.1 Å². The number of halogens is 2. The summed E-state index contributed by atoms with van der Waals surface area (Å²) in [6.45, 7) is 1.80. The van der Waals surface area contributed by atoms with Crippen LogP contribution in [0.3, 0.4) is 0 Å². The lowest BCUT2D eigenvalue weighted by Gasteiger charge is -2.05. The van der Waals surface area contributed by atoms with E-state index in [0.29, 0.717) is 11.3 Å². The Morgan fingerprint density at radius 2 is 1.72 bits per heavy atom. The number of nitrogens with two attached hydrogens (primary N) is 1. The zero-order chi connectivity index (χ0) is 13.3. The largest absolute Gasteiger partial charge is 0.399 e. The summed E-state index contributed by atoms with van der Waals surface area (Å²) in [4.78, 5) is 12.1. The first-order chi connectivity index (χ1) is 8.47. The number of ketones is 1. The Balaban J connectivity index is 2.44. The maximum atomic E-state index is 13.1. The molecular formula is C14H11F2NO. The second-order valence-corrected chi connectivity index (χ2v) is 4.09. The zero-order valence-corrected chi connectivity index (χ0v) is 9.71. The van der Waals surface area contributed by atoms with Crippen LogP contribution in [0, 0.1) is 18.6 Å². The molecule has 0 atom stereocenters. The molecule has 0 aliphatic rings. The molecule has 0 radical (unpaired) electrons. The van der Waals surface area contributed by atoms with E-state index in [2.05, 4.69) is 0 Å². The molecule has 0 amide bonds. The number of hydrogen-bond acceptors (Lipinski definition) is 2. The molecule has 0 saturated heterocycles. The maximum Gasteiger partial charge on any atom is 0.193 e. The van der Waals surface area contributed by atoms with Crippen LogP contribution in [0.2, 0.25) is 0 Å². The van der Waals surface area contributed by atoms with Crippen LogP contribution in [-0.2, 0) is 0 Å². The van der Waals surface area contributed by atoms with Crippen LogP contribution in [0.5, 0.6) is 0 Å². The molecule has 0 saturated carbocycles. The Labute approximate surface area is 103 Å². The van der Waals surface area contributed by atoms with E-state index in [0.717, 1.165) is 17.7 Å². The van der Waals surface area contributed by atoms with E-state index < -0.39 is 11.6 Å². The van der Waals surface area contributed by atoms with E-state index >= 15 is 0 Å². The topological polar surface area (TPSA) is 43.1 Å². The normalized spacial score (nSPS) is 10.4. The van der Waals surface area contributed by atoms with Gasteiger partial charge in [0.05, 0.1) is 0 Å². The predicted molar refractivity (Wildman–Crippen MR) is 65.4 cm³/mol. The van der Waals surface area contributed by atoms with Crippen molar-refractivity contribution in [2.24, 2.45) is 0 Å². The van der Waals surface area contributed by atoms with E-state index in [-0.39, 0.29) is 11.3 Å². The molecule has 18 heavy (non-hydrogen) atoms. The Morgan fingerprint density at radius 3 is 2.33 bits per heavy atom. The van der Waals surface area contributed by atoms with Crippen molar-refractivity contribution in [3.05, 3.63) is 64.7 Å². The van der Waals surface area contributed by atoms with Gasteiger partial charge in [-0.2, -0.15) is 0 Å². The maximum absolute atomic E-state index is 13.1. The summed E-state index contributed by atoms with van der Waals surface area (Å²) in [5.74, 6) is -2.40. The molecule has 0 heterocycles. The lowest BCUT2D eigenvalue weighted by Crippen LogP contribution is -2.04. The number of benzene rings is 2. The molecule has 2 rings (SSSR count). The minimum atomic E-state index is -1.04. The van der Waals surface area contributed by atoms with Gasteiger partial charge >= 0.3 is 0 Å². The molecular weight excluding hydrogens is 236 g/mol. The number of carbonyl (C=O) groups excluding carboxylic acids is 1. The third kappa shape index (κ3) is 2.37. The Kier molecular flexibility index (Phi) is 3.10. The number of hydrogen-bond donors (Lipinski definition) is 1. The van der Waals surface area contributed by atoms with E-state index in [1.807, 2.05) is 0 Å². The van der Waals surface area contributed by atoms with Gasteiger partial charge in [-0.25, -0.2) is 8.78 Å². The fraction of sp³-hybridized carbons (Fsp3) is 0.0714. The van der Waals surface area contributed by atoms with Gasteiger partial charge in [-0.3, -0.25) is 4.79 Å². The predicted octanol–water partition coefficient (Wildman–Crippen LogP) is 3.09. The van der Waals surface area contributed by atoms with Gasteiger partial charge < -0.3 is 5.73 Å². The fourth-order valence-corrected chi connectivity index (χ4v) is 1.75. The van der Waals surface area contributed by atoms with Crippen molar-refractivity contribution in [1.82, 2.24) is 0 Å². The highest BCUT2D eigenvalue weighted by Crippen LogP contribution is 2.17. The monoisotopic (exact) mass is 247 g/mol. The zero-order valence-electron chi connectivity index (χ0n) is 9.71. The quantitative estimate of drug-likeness (QED) is 0.654. The van der Waals surface area contributed by atoms with Crippen LogP contribution < -0.4 is 5.73 Å². The second kappa shape index (κ2) is 4.56. The summed E-state index contributed by atoms with van der Waals surface area (Å²) >= 11 is 0. The van der Waals surface area contributed by atoms with Gasteiger partial charge in [0.15, 0.2) is 17.4 Å². The highest BCUT2D eigenvalue weighted by molar-refractivity contribution is 6.09. The van der Waals surface area contributed by atoms with Gasteiger partial charge in [0.25, 0.3) is 0 Å². The van der Waals surface area contributed by atoms with Crippen LogP contribution >= 0.6 is 0 Å². The van der Waals surface area contributed by atoms with E-state index in [9.17, 15) is 13.6 Å². The number of aryl methyl sites for hydroxylation is 1. The number of anilines is 1. The lowest BCUT2D eigenvalue weighted by atomic mass is 10.0. The summed E-state index contributed by atoms with van der Waals surface area (Å²) in [6, 6.07) is 7.95. The van der Waals surface area contributed by atoms with Crippen molar-refractivity contribution in [2.75, 3.05) is 5.73 Å². The summed E-state index contributed by atoms with van der Waals surface area (Å²) in [5.41, 5.74) is 7.39. The first-order valence-corrected chi connectivity index (χ1v) is 5.34. The van der Waals surface area contributed by atoms with Gasteiger partial charge in [0, 0.05) is 16.8 Å². The first-order valence-electron chi connectivity index (χ1n) is 5.34. The van der Waals surface area contributed by atoms with Crippen LogP contribution in [0.1, 0.15) is 21.5 Å². The van der Waals surface area contributed by atoms with Gasteiger partial charge in [0.1, 0.15) is 0 Å². The summed E-state index contributed by atoms with van der Waals surface area (Å²) in [5, 5.41) is 0. The molecule has 0 aliphatic carbocycles. The summed E-state index contributed by atoms with van der Waals surface area (Å²) < 4.78 is 25.8. The smallest absolute Gasteiger partial charge is 0.193 e. The fourth-order valence-electron chi connectivity index (χ4n) is 1.75. The number of carbonyl (C=O) groups is 1. The molecule has 92 valence electrons. The SMILES string of the molecule is Cc1cc(N)cc(C(=O)c2ccc(F)c(F)c2)c1. The van der Waals surface area contributed by atoms with Gasteiger partial charge in [-0.05, 0) is 48.9 Å². The minimum Gasteiger partial charge on any atom is -0.399 e. The Morgan fingerprint density at radius 1 is 1.00 bits per heavy atom. The van der Waals surface area contributed by atoms with Crippen molar-refractivity contribution in [3.8, 4) is 0 Å². The molecule has 0 aliphatic heterocycles. The molecule has 2 nitrogen and oxygen atoms in total. The van der Waals surface area contributed by atoms with Crippen LogP contribution in [0.15, 0.2) is 36.4 Å². The summed E-state index contributed by atoms with van der Waals surface area (Å²) in [6.07, 6.45) is 0. The highest BCUT2D eigenvalue weighted by Gasteiger charge is 2.12. The Hall–Kier alpha value is -2.23. The van der Waals surface area contributed by atoms with Crippen molar-refractivity contribution >= 4 is 11.5 Å². The van der Waals surface area contributed by atoms with Gasteiger partial charge in [-0.15, -0.1) is 0 Å². The van der Waals surface area contributed by atoms with Crippen LogP contribution in [0.4, 0.5) is 14.5 Å². The van der Waals surface area contributed by atoms with E-state index in [4.69, 9.17) is 5.73 Å². The minimum absolute atomic E-state index is 0.0962. The standard InChI is InChI=1S/C14H11F2NO/c1-8-4-10(6-11(17)5-8)14(18)9-2-3-12(15)13(16)7-9/h2-7H,17H2,1H3. The molecule has 2 N–H and O–H groups in total. The molecule has 0 fully saturated rings. The van der Waals surface area contributed by atoms with Crippen molar-refractivity contribution < 1.29 is 13.6 Å². The average Bonchev–Trinajstić information content (AvgIpc) is 2.30. The average molecular weight is 247 g/mol. The molecule has 2 aromatic rings. The molecule has 2 aromatic carbocycles. The van der Waals surface area contributed by atoms with Gasteiger partial charge in [0.2, 0.25) is 0 Å². The summed E-state index contributed by atoms with van der Waals surface area (Å²) in [7, 11) is 0.